The lowest BCUT2D eigenvalue weighted by atomic mass is 9.52. The molecule has 0 aromatic carbocycles. The standard InChI is InChI=1S/C10H16.Al/c1-7-4-5-8-6-9(7)10(8,2)3;/h8H,4-6H2,1-3H3;. The third-order valence-corrected chi connectivity index (χ3v) is 3.63. The zero-order chi connectivity index (χ0) is 7.35. The molecule has 0 heterocycles. The molecular weight excluding hydrogens is 147 g/mol. The zero-order valence-corrected chi connectivity index (χ0v) is 8.93. The van der Waals surface area contributed by atoms with Gasteiger partial charge >= 0.3 is 0 Å². The van der Waals surface area contributed by atoms with Crippen molar-refractivity contribution in [2.75, 3.05) is 0 Å². The maximum absolute atomic E-state index is 2.40. The average molecular weight is 163 g/mol. The van der Waals surface area contributed by atoms with Crippen molar-refractivity contribution < 1.29 is 0 Å². The van der Waals surface area contributed by atoms with Crippen LogP contribution in [0.1, 0.15) is 40.0 Å². The quantitative estimate of drug-likeness (QED) is 0.380. The Morgan fingerprint density at radius 3 is 2.27 bits per heavy atom. The molecule has 0 nitrogen and oxygen atoms in total. The Bertz CT molecular complexity index is 201. The molecule has 3 aliphatic rings. The van der Waals surface area contributed by atoms with Crippen LogP contribution < -0.4 is 0 Å². The van der Waals surface area contributed by atoms with Crippen LogP contribution in [0.5, 0.6) is 0 Å². The summed E-state index contributed by atoms with van der Waals surface area (Å²) in [5, 5.41) is 0. The predicted molar refractivity (Wildman–Crippen MR) is 49.6 cm³/mol. The fourth-order valence-electron chi connectivity index (χ4n) is 2.61. The minimum Gasteiger partial charge on any atom is -0.0735 e. The molecule has 1 heteroatoms. The van der Waals surface area contributed by atoms with E-state index in [-0.39, 0.29) is 17.4 Å². The summed E-state index contributed by atoms with van der Waals surface area (Å²) in [5.74, 6) is 1.02. The van der Waals surface area contributed by atoms with Gasteiger partial charge < -0.3 is 0 Å². The molecule has 3 rings (SSSR count). The molecule has 0 aliphatic heterocycles. The van der Waals surface area contributed by atoms with Gasteiger partial charge in [-0.1, -0.05) is 25.0 Å². The van der Waals surface area contributed by atoms with Crippen LogP contribution in [-0.4, -0.2) is 17.4 Å². The van der Waals surface area contributed by atoms with Crippen molar-refractivity contribution in [3.63, 3.8) is 0 Å². The third-order valence-electron chi connectivity index (χ3n) is 3.63. The van der Waals surface area contributed by atoms with Gasteiger partial charge in [0, 0.05) is 17.4 Å². The molecule has 0 N–H and O–H groups in total. The van der Waals surface area contributed by atoms with Crippen LogP contribution in [0, 0.1) is 11.3 Å². The van der Waals surface area contributed by atoms with Gasteiger partial charge in [-0.2, -0.15) is 0 Å². The summed E-state index contributed by atoms with van der Waals surface area (Å²) in [6.07, 6.45) is 4.24. The summed E-state index contributed by atoms with van der Waals surface area (Å²) in [6.45, 7) is 7.12. The van der Waals surface area contributed by atoms with Crippen LogP contribution in [0.25, 0.3) is 0 Å². The Morgan fingerprint density at radius 1 is 1.36 bits per heavy atom. The van der Waals surface area contributed by atoms with Gasteiger partial charge in [-0.15, -0.1) is 0 Å². The number of allylic oxidation sites excluding steroid dienone is 2. The maximum Gasteiger partial charge on any atom is 0 e. The monoisotopic (exact) mass is 163 g/mol. The van der Waals surface area contributed by atoms with Gasteiger partial charge in [0.1, 0.15) is 0 Å². The van der Waals surface area contributed by atoms with Crippen LogP contribution in [0.2, 0.25) is 0 Å². The first-order valence-electron chi connectivity index (χ1n) is 4.31. The molecule has 3 aliphatic carbocycles. The molecule has 0 saturated heterocycles. The second kappa shape index (κ2) is 2.65. The van der Waals surface area contributed by atoms with Crippen LogP contribution in [0.4, 0.5) is 0 Å². The van der Waals surface area contributed by atoms with Crippen LogP contribution in [-0.2, 0) is 0 Å². The summed E-state index contributed by atoms with van der Waals surface area (Å²) >= 11 is 0. The molecule has 0 spiro atoms. The summed E-state index contributed by atoms with van der Waals surface area (Å²) in [6, 6.07) is 0. The highest BCUT2D eigenvalue weighted by atomic mass is 27.0. The maximum atomic E-state index is 2.40. The fourth-order valence-corrected chi connectivity index (χ4v) is 2.61. The molecule has 2 bridgehead atoms. The largest absolute Gasteiger partial charge is 0.0735 e. The van der Waals surface area contributed by atoms with Gasteiger partial charge in [-0.05, 0) is 37.5 Å². The van der Waals surface area contributed by atoms with Crippen LogP contribution in [0.15, 0.2) is 11.1 Å². The summed E-state index contributed by atoms with van der Waals surface area (Å²) in [7, 11) is 0. The van der Waals surface area contributed by atoms with E-state index >= 15 is 0 Å². The molecule has 1 saturated carbocycles. The number of hydrogen-bond donors (Lipinski definition) is 0. The molecule has 1 atom stereocenters. The molecule has 0 aromatic heterocycles. The van der Waals surface area contributed by atoms with E-state index in [0.717, 1.165) is 5.92 Å². The molecule has 11 heavy (non-hydrogen) atoms. The molecule has 1 fully saturated rings. The van der Waals surface area contributed by atoms with E-state index in [4.69, 9.17) is 0 Å². The van der Waals surface area contributed by atoms with Crippen molar-refractivity contribution in [3.8, 4) is 0 Å². The Hall–Kier alpha value is 0.272. The predicted octanol–water partition coefficient (Wildman–Crippen LogP) is 2.76. The highest BCUT2D eigenvalue weighted by Crippen LogP contribution is 2.58. The lowest BCUT2D eigenvalue weighted by Gasteiger charge is -2.52. The van der Waals surface area contributed by atoms with Crippen molar-refractivity contribution in [2.45, 2.75) is 40.0 Å². The molecule has 0 aromatic rings. The zero-order valence-electron chi connectivity index (χ0n) is 7.78. The van der Waals surface area contributed by atoms with Gasteiger partial charge in [-0.3, -0.25) is 0 Å². The molecule has 1 unspecified atom stereocenters. The second-order valence-electron chi connectivity index (χ2n) is 4.42. The normalized spacial score (nSPS) is 32.5. The second-order valence-corrected chi connectivity index (χ2v) is 4.42. The first kappa shape index (κ1) is 9.36. The Kier molecular flexibility index (Phi) is 2.25. The average Bonchev–Trinajstić information content (AvgIpc) is 1.87. The smallest absolute Gasteiger partial charge is 0 e. The minimum absolute atomic E-state index is 0. The van der Waals surface area contributed by atoms with Gasteiger partial charge in [0.05, 0.1) is 0 Å². The summed E-state index contributed by atoms with van der Waals surface area (Å²) in [4.78, 5) is 0. The minimum atomic E-state index is 0. The van der Waals surface area contributed by atoms with E-state index in [1.165, 1.54) is 19.3 Å². The SMILES string of the molecule is CC1=C2CC(CC1)C2(C)C.[Al]. The van der Waals surface area contributed by atoms with E-state index in [1.54, 1.807) is 11.1 Å². The fraction of sp³-hybridized carbons (Fsp3) is 0.800. The number of hydrogen-bond acceptors (Lipinski definition) is 0. The topological polar surface area (TPSA) is 0 Å². The molecule has 0 amide bonds. The summed E-state index contributed by atoms with van der Waals surface area (Å²) < 4.78 is 0. The Labute approximate surface area is 80.2 Å². The van der Waals surface area contributed by atoms with Gasteiger partial charge in [-0.25, -0.2) is 0 Å². The lowest BCUT2D eigenvalue weighted by Crippen LogP contribution is -2.41. The van der Waals surface area contributed by atoms with Crippen molar-refractivity contribution in [1.82, 2.24) is 0 Å². The van der Waals surface area contributed by atoms with E-state index in [0.29, 0.717) is 5.41 Å². The van der Waals surface area contributed by atoms with E-state index in [9.17, 15) is 0 Å². The van der Waals surface area contributed by atoms with Crippen molar-refractivity contribution in [3.05, 3.63) is 11.1 Å². The first-order valence-corrected chi connectivity index (χ1v) is 4.31. The van der Waals surface area contributed by atoms with Crippen LogP contribution in [0.3, 0.4) is 0 Å². The van der Waals surface area contributed by atoms with Crippen LogP contribution >= 0.6 is 0 Å². The number of rotatable bonds is 0. The van der Waals surface area contributed by atoms with E-state index in [1.807, 2.05) is 0 Å². The number of fused-ring (bicyclic) bond motifs is 2. The molecular formula is C10H16Al. The highest BCUT2D eigenvalue weighted by molar-refractivity contribution is 5.75. The third kappa shape index (κ3) is 1.10. The van der Waals surface area contributed by atoms with Gasteiger partial charge in [0.25, 0.3) is 0 Å². The molecule has 59 valence electrons. The van der Waals surface area contributed by atoms with Gasteiger partial charge in [0.15, 0.2) is 0 Å². The molecule has 3 radical (unpaired) electrons. The lowest BCUT2D eigenvalue weighted by molar-refractivity contribution is 0.133. The van der Waals surface area contributed by atoms with E-state index in [2.05, 4.69) is 20.8 Å². The Balaban J connectivity index is 0.000000605. The highest BCUT2D eigenvalue weighted by Gasteiger charge is 2.46. The summed E-state index contributed by atoms with van der Waals surface area (Å²) in [5.41, 5.74) is 4.04. The van der Waals surface area contributed by atoms with Crippen molar-refractivity contribution in [1.29, 1.82) is 0 Å². The van der Waals surface area contributed by atoms with Gasteiger partial charge in [0.2, 0.25) is 0 Å². The van der Waals surface area contributed by atoms with Crippen molar-refractivity contribution >= 4 is 17.4 Å². The van der Waals surface area contributed by atoms with Crippen molar-refractivity contribution in [2.24, 2.45) is 11.3 Å². The first-order chi connectivity index (χ1) is 4.62. The Morgan fingerprint density at radius 2 is 2.00 bits per heavy atom. The van der Waals surface area contributed by atoms with E-state index < -0.39 is 0 Å².